The quantitative estimate of drug-likeness (QED) is 0.767. The van der Waals surface area contributed by atoms with Gasteiger partial charge < -0.3 is 14.8 Å². The molecular weight excluding hydrogens is 242 g/mol. The van der Waals surface area contributed by atoms with Crippen molar-refractivity contribution in [2.75, 3.05) is 0 Å². The molecule has 2 N–H and O–H groups in total. The summed E-state index contributed by atoms with van der Waals surface area (Å²) >= 11 is 0. The molecule has 0 amide bonds. The first kappa shape index (κ1) is 11.6. The number of aromatic nitrogens is 4. The van der Waals surface area contributed by atoms with Crippen molar-refractivity contribution in [2.45, 2.75) is 6.04 Å². The largest absolute Gasteiger partial charge is 0.337 e. The summed E-state index contributed by atoms with van der Waals surface area (Å²) in [4.78, 5) is 8.47. The van der Waals surface area contributed by atoms with Gasteiger partial charge in [0, 0.05) is 19.4 Å². The summed E-state index contributed by atoms with van der Waals surface area (Å²) in [6.45, 7) is 0. The second kappa shape index (κ2) is 4.66. The van der Waals surface area contributed by atoms with Crippen LogP contribution in [0.4, 0.5) is 0 Å². The third kappa shape index (κ3) is 2.13. The van der Waals surface area contributed by atoms with E-state index in [-0.39, 0.29) is 0 Å². The van der Waals surface area contributed by atoms with Gasteiger partial charge in [-0.05, 0) is 5.56 Å². The molecule has 0 unspecified atom stereocenters. The highest BCUT2D eigenvalue weighted by atomic mass is 16.5. The average Bonchev–Trinajstić information content (AvgIpc) is 3.07. The minimum absolute atomic E-state index is 0.379. The van der Waals surface area contributed by atoms with Gasteiger partial charge in [0.15, 0.2) is 5.82 Å². The van der Waals surface area contributed by atoms with Gasteiger partial charge in [-0.2, -0.15) is 4.98 Å². The van der Waals surface area contributed by atoms with E-state index in [4.69, 9.17) is 10.3 Å². The predicted molar refractivity (Wildman–Crippen MR) is 69.0 cm³/mol. The maximum absolute atomic E-state index is 6.10. The van der Waals surface area contributed by atoms with Crippen LogP contribution in [-0.4, -0.2) is 19.7 Å². The van der Waals surface area contributed by atoms with E-state index in [1.54, 1.807) is 6.20 Å². The van der Waals surface area contributed by atoms with Crippen LogP contribution in [0, 0.1) is 0 Å². The lowest BCUT2D eigenvalue weighted by Gasteiger charge is -2.05. The Balaban J connectivity index is 1.92. The van der Waals surface area contributed by atoms with Crippen molar-refractivity contribution in [1.29, 1.82) is 0 Å². The second-order valence-corrected chi connectivity index (χ2v) is 4.21. The van der Waals surface area contributed by atoms with Gasteiger partial charge in [-0.3, -0.25) is 0 Å². The Labute approximate surface area is 109 Å². The van der Waals surface area contributed by atoms with E-state index in [0.717, 1.165) is 5.56 Å². The van der Waals surface area contributed by atoms with Crippen LogP contribution in [0.1, 0.15) is 17.5 Å². The fraction of sp³-hybridized carbons (Fsp3) is 0.154. The van der Waals surface area contributed by atoms with E-state index < -0.39 is 6.04 Å². The van der Waals surface area contributed by atoms with E-state index >= 15 is 0 Å². The van der Waals surface area contributed by atoms with Crippen LogP contribution in [0.25, 0.3) is 11.6 Å². The molecule has 0 aliphatic heterocycles. The van der Waals surface area contributed by atoms with Gasteiger partial charge >= 0.3 is 0 Å². The average molecular weight is 255 g/mol. The highest BCUT2D eigenvalue weighted by molar-refractivity contribution is 5.42. The third-order valence-corrected chi connectivity index (χ3v) is 2.89. The van der Waals surface area contributed by atoms with Gasteiger partial charge in [0.25, 0.3) is 0 Å². The van der Waals surface area contributed by atoms with Crippen LogP contribution in [-0.2, 0) is 7.05 Å². The Morgan fingerprint density at radius 1 is 1.26 bits per heavy atom. The Hall–Kier alpha value is -2.47. The van der Waals surface area contributed by atoms with Gasteiger partial charge in [0.1, 0.15) is 6.04 Å². The van der Waals surface area contributed by atoms with Crippen molar-refractivity contribution in [2.24, 2.45) is 12.8 Å². The number of hydrogen-bond acceptors (Lipinski definition) is 5. The first-order chi connectivity index (χ1) is 9.25. The van der Waals surface area contributed by atoms with Crippen LogP contribution in [0.5, 0.6) is 0 Å². The number of nitrogens with two attached hydrogens (primary N) is 1. The van der Waals surface area contributed by atoms with Gasteiger partial charge in [-0.15, -0.1) is 0 Å². The minimum Gasteiger partial charge on any atom is -0.337 e. The topological polar surface area (TPSA) is 82.8 Å². The maximum atomic E-state index is 6.10. The fourth-order valence-electron chi connectivity index (χ4n) is 1.84. The summed E-state index contributed by atoms with van der Waals surface area (Å²) in [5.74, 6) is 1.47. The zero-order chi connectivity index (χ0) is 13.2. The molecule has 19 heavy (non-hydrogen) atoms. The van der Waals surface area contributed by atoms with Crippen LogP contribution >= 0.6 is 0 Å². The van der Waals surface area contributed by atoms with Crippen LogP contribution in [0.2, 0.25) is 0 Å². The van der Waals surface area contributed by atoms with Gasteiger partial charge in [0.05, 0.1) is 0 Å². The minimum atomic E-state index is -0.428. The van der Waals surface area contributed by atoms with E-state index in [9.17, 15) is 0 Å². The molecule has 3 aromatic rings. The van der Waals surface area contributed by atoms with Crippen LogP contribution in [0.3, 0.4) is 0 Å². The molecule has 3 rings (SSSR count). The summed E-state index contributed by atoms with van der Waals surface area (Å²) in [7, 11) is 1.87. The molecule has 6 heteroatoms. The van der Waals surface area contributed by atoms with Crippen molar-refractivity contribution in [3.05, 3.63) is 54.2 Å². The van der Waals surface area contributed by atoms with E-state index in [1.807, 2.05) is 48.1 Å². The number of nitrogens with zero attached hydrogens (tertiary/aromatic N) is 4. The molecule has 0 radical (unpaired) electrons. The standard InChI is InChI=1S/C13H13N5O/c1-18-8-7-15-12(18)11-16-13(19-17-11)10(14)9-5-3-2-4-6-9/h2-8,10H,14H2,1H3/t10-/m1/s1. The zero-order valence-corrected chi connectivity index (χ0v) is 10.4. The van der Waals surface area contributed by atoms with Crippen molar-refractivity contribution in [3.63, 3.8) is 0 Å². The molecule has 6 nitrogen and oxygen atoms in total. The lowest BCUT2D eigenvalue weighted by Crippen LogP contribution is -2.12. The van der Waals surface area contributed by atoms with Crippen molar-refractivity contribution < 1.29 is 4.52 Å². The zero-order valence-electron chi connectivity index (χ0n) is 10.4. The lowest BCUT2D eigenvalue weighted by atomic mass is 10.1. The predicted octanol–water partition coefficient (Wildman–Crippen LogP) is 1.52. The van der Waals surface area contributed by atoms with E-state index in [0.29, 0.717) is 17.5 Å². The Morgan fingerprint density at radius 3 is 2.74 bits per heavy atom. The smallest absolute Gasteiger partial charge is 0.248 e. The molecule has 0 bridgehead atoms. The normalized spacial score (nSPS) is 12.5. The van der Waals surface area contributed by atoms with Gasteiger partial charge in [0.2, 0.25) is 11.7 Å². The molecular formula is C13H13N5O. The highest BCUT2D eigenvalue weighted by Gasteiger charge is 2.18. The number of aryl methyl sites for hydroxylation is 1. The summed E-state index contributed by atoms with van der Waals surface area (Å²) in [5.41, 5.74) is 7.03. The molecule has 1 aromatic carbocycles. The first-order valence-corrected chi connectivity index (χ1v) is 5.87. The third-order valence-electron chi connectivity index (χ3n) is 2.89. The molecule has 0 saturated carbocycles. The second-order valence-electron chi connectivity index (χ2n) is 4.21. The molecule has 2 heterocycles. The van der Waals surface area contributed by atoms with Crippen LogP contribution < -0.4 is 5.73 Å². The molecule has 1 atom stereocenters. The van der Waals surface area contributed by atoms with Crippen molar-refractivity contribution in [3.8, 4) is 11.6 Å². The monoisotopic (exact) mass is 255 g/mol. The molecule has 96 valence electrons. The number of benzene rings is 1. The van der Waals surface area contributed by atoms with E-state index in [1.165, 1.54) is 0 Å². The molecule has 0 aliphatic carbocycles. The van der Waals surface area contributed by atoms with E-state index in [2.05, 4.69) is 15.1 Å². The molecule has 0 spiro atoms. The molecule has 2 aromatic heterocycles. The summed E-state index contributed by atoms with van der Waals surface area (Å²) in [6.07, 6.45) is 3.50. The molecule has 0 aliphatic rings. The lowest BCUT2D eigenvalue weighted by molar-refractivity contribution is 0.367. The molecule has 0 saturated heterocycles. The van der Waals surface area contributed by atoms with Crippen LogP contribution in [0.15, 0.2) is 47.2 Å². The highest BCUT2D eigenvalue weighted by Crippen LogP contribution is 2.20. The number of imidazole rings is 1. The summed E-state index contributed by atoms with van der Waals surface area (Å²) in [5, 5.41) is 3.92. The van der Waals surface area contributed by atoms with Crippen molar-refractivity contribution in [1.82, 2.24) is 19.7 Å². The maximum Gasteiger partial charge on any atom is 0.248 e. The van der Waals surface area contributed by atoms with Gasteiger partial charge in [-0.25, -0.2) is 4.98 Å². The Bertz CT molecular complexity index is 673. The number of rotatable bonds is 3. The fourth-order valence-corrected chi connectivity index (χ4v) is 1.84. The number of hydrogen-bond donors (Lipinski definition) is 1. The summed E-state index contributed by atoms with van der Waals surface area (Å²) in [6, 6.07) is 9.20. The SMILES string of the molecule is Cn1ccnc1-c1noc([C@H](N)c2ccccc2)n1. The Kier molecular flexibility index (Phi) is 2.85. The first-order valence-electron chi connectivity index (χ1n) is 5.87. The molecule has 0 fully saturated rings. The van der Waals surface area contributed by atoms with Crippen molar-refractivity contribution >= 4 is 0 Å². The summed E-state index contributed by atoms with van der Waals surface area (Å²) < 4.78 is 7.04. The Morgan fingerprint density at radius 2 is 2.05 bits per heavy atom. The van der Waals surface area contributed by atoms with Gasteiger partial charge in [-0.1, -0.05) is 35.5 Å².